The Balaban J connectivity index is 1.47. The van der Waals surface area contributed by atoms with E-state index in [-0.39, 0.29) is 5.91 Å². The van der Waals surface area contributed by atoms with Crippen LogP contribution in [0.3, 0.4) is 0 Å². The summed E-state index contributed by atoms with van der Waals surface area (Å²) < 4.78 is 11.0. The molecule has 4 rings (SSSR count). The Kier molecular flexibility index (Phi) is 5.74. The summed E-state index contributed by atoms with van der Waals surface area (Å²) in [5, 5.41) is 3.63. The van der Waals surface area contributed by atoms with E-state index in [1.165, 1.54) is 13.2 Å². The summed E-state index contributed by atoms with van der Waals surface area (Å²) in [5.41, 5.74) is 3.59. The van der Waals surface area contributed by atoms with Crippen LogP contribution in [0, 0.1) is 0 Å². The van der Waals surface area contributed by atoms with Crippen molar-refractivity contribution in [1.29, 1.82) is 0 Å². The van der Waals surface area contributed by atoms with Crippen LogP contribution in [0.5, 0.6) is 5.75 Å². The third kappa shape index (κ3) is 4.32. The smallest absolute Gasteiger partial charge is 0.248 e. The van der Waals surface area contributed by atoms with Gasteiger partial charge in [-0.1, -0.05) is 35.3 Å². The summed E-state index contributed by atoms with van der Waals surface area (Å²) in [6.45, 7) is 0. The fourth-order valence-corrected chi connectivity index (χ4v) is 3.55. The number of methoxy groups -OCH3 is 1. The second-order valence-corrected chi connectivity index (χ2v) is 7.24. The number of carbonyl (C=O) groups is 1. The average molecular weight is 439 g/mol. The number of nitrogens with one attached hydrogen (secondary N) is 1. The number of carbonyl (C=O) groups excluding carboxylic acids is 1. The number of hydrogen-bond donors (Lipinski definition) is 1. The van der Waals surface area contributed by atoms with Crippen molar-refractivity contribution in [2.75, 3.05) is 12.4 Å². The van der Waals surface area contributed by atoms with E-state index in [1.54, 1.807) is 30.3 Å². The Morgan fingerprint density at radius 1 is 1.10 bits per heavy atom. The van der Waals surface area contributed by atoms with Crippen LogP contribution in [0.2, 0.25) is 10.0 Å². The van der Waals surface area contributed by atoms with Crippen LogP contribution >= 0.6 is 23.2 Å². The highest BCUT2D eigenvalue weighted by atomic mass is 35.5. The fourth-order valence-electron chi connectivity index (χ4n) is 2.96. The lowest BCUT2D eigenvalue weighted by atomic mass is 10.1. The second kappa shape index (κ2) is 8.61. The van der Waals surface area contributed by atoms with Gasteiger partial charge in [-0.05, 0) is 54.6 Å². The largest absolute Gasteiger partial charge is 0.495 e. The number of oxazole rings is 1. The first-order valence-electron chi connectivity index (χ1n) is 9.01. The molecule has 0 radical (unpaired) electrons. The summed E-state index contributed by atoms with van der Waals surface area (Å²) in [4.78, 5) is 16.8. The van der Waals surface area contributed by atoms with E-state index in [2.05, 4.69) is 10.3 Å². The molecule has 0 aliphatic rings. The van der Waals surface area contributed by atoms with Crippen LogP contribution in [0.4, 0.5) is 5.69 Å². The van der Waals surface area contributed by atoms with Crippen LogP contribution in [-0.2, 0) is 4.79 Å². The Bertz CT molecular complexity index is 1210. The van der Waals surface area contributed by atoms with E-state index >= 15 is 0 Å². The van der Waals surface area contributed by atoms with Gasteiger partial charge in [0.1, 0.15) is 11.3 Å². The molecule has 0 saturated heterocycles. The first-order chi connectivity index (χ1) is 14.5. The van der Waals surface area contributed by atoms with Crippen molar-refractivity contribution in [2.45, 2.75) is 0 Å². The Morgan fingerprint density at radius 2 is 1.87 bits per heavy atom. The molecule has 1 N–H and O–H groups in total. The molecule has 7 heteroatoms. The van der Waals surface area contributed by atoms with Crippen LogP contribution < -0.4 is 10.1 Å². The molecule has 0 fully saturated rings. The van der Waals surface area contributed by atoms with Crippen molar-refractivity contribution in [2.24, 2.45) is 0 Å². The normalized spacial score (nSPS) is 11.2. The van der Waals surface area contributed by atoms with Crippen molar-refractivity contribution in [3.8, 4) is 17.2 Å². The van der Waals surface area contributed by atoms with Gasteiger partial charge in [-0.2, -0.15) is 0 Å². The number of rotatable bonds is 5. The average Bonchev–Trinajstić information content (AvgIpc) is 3.17. The standard InChI is InChI=1S/C23H16Cl2N2O3/c1-29-22-15(12-16(24)13-18(22)25)8-11-21(28)26-17-9-6-14(7-10-17)23-27-19-4-2-3-5-20(19)30-23/h2-13H,1H3,(H,26,28)/b11-8+. The number of nitrogens with zero attached hydrogens (tertiary/aromatic N) is 1. The van der Waals surface area contributed by atoms with Gasteiger partial charge in [-0.3, -0.25) is 4.79 Å². The molecule has 4 aromatic rings. The third-order valence-electron chi connectivity index (χ3n) is 4.35. The van der Waals surface area contributed by atoms with Crippen LogP contribution in [-0.4, -0.2) is 18.0 Å². The fraction of sp³-hybridized carbons (Fsp3) is 0.0435. The van der Waals surface area contributed by atoms with Gasteiger partial charge in [0, 0.05) is 27.9 Å². The second-order valence-electron chi connectivity index (χ2n) is 6.40. The number of fused-ring (bicyclic) bond motifs is 1. The van der Waals surface area contributed by atoms with Gasteiger partial charge in [0.2, 0.25) is 11.8 Å². The lowest BCUT2D eigenvalue weighted by molar-refractivity contribution is -0.111. The van der Waals surface area contributed by atoms with Gasteiger partial charge in [-0.25, -0.2) is 4.98 Å². The third-order valence-corrected chi connectivity index (χ3v) is 4.85. The van der Waals surface area contributed by atoms with Gasteiger partial charge in [0.05, 0.1) is 12.1 Å². The van der Waals surface area contributed by atoms with Crippen molar-refractivity contribution >= 4 is 52.0 Å². The molecule has 0 bridgehead atoms. The van der Waals surface area contributed by atoms with Crippen LogP contribution in [0.15, 0.2) is 71.2 Å². The molecule has 0 atom stereocenters. The molecular weight excluding hydrogens is 423 g/mol. The highest BCUT2D eigenvalue weighted by Crippen LogP contribution is 2.33. The van der Waals surface area contributed by atoms with Crippen LogP contribution in [0.25, 0.3) is 28.6 Å². The molecule has 0 spiro atoms. The molecule has 150 valence electrons. The van der Waals surface area contributed by atoms with Gasteiger partial charge in [0.15, 0.2) is 5.58 Å². The minimum absolute atomic E-state index is 0.303. The number of ether oxygens (including phenoxy) is 1. The van der Waals surface area contributed by atoms with Gasteiger partial charge in [-0.15, -0.1) is 0 Å². The summed E-state index contributed by atoms with van der Waals surface area (Å²) in [6, 6.07) is 18.1. The van der Waals surface area contributed by atoms with Crippen molar-refractivity contribution < 1.29 is 13.9 Å². The van der Waals surface area contributed by atoms with E-state index in [4.69, 9.17) is 32.4 Å². The SMILES string of the molecule is COc1c(Cl)cc(Cl)cc1/C=C/C(=O)Nc1ccc(-c2nc3ccccc3o2)cc1. The number of anilines is 1. The van der Waals surface area contributed by atoms with E-state index in [0.29, 0.717) is 32.9 Å². The zero-order chi connectivity index (χ0) is 21.1. The van der Waals surface area contributed by atoms with E-state index in [0.717, 1.165) is 16.7 Å². The Labute approximate surface area is 182 Å². The quantitative estimate of drug-likeness (QED) is 0.363. The number of hydrogen-bond acceptors (Lipinski definition) is 4. The lowest BCUT2D eigenvalue weighted by Crippen LogP contribution is -2.07. The molecule has 3 aromatic carbocycles. The zero-order valence-corrected chi connectivity index (χ0v) is 17.4. The predicted molar refractivity (Wildman–Crippen MR) is 120 cm³/mol. The zero-order valence-electron chi connectivity index (χ0n) is 15.9. The summed E-state index contributed by atoms with van der Waals surface area (Å²) in [6.07, 6.45) is 2.98. The molecule has 1 amide bonds. The summed E-state index contributed by atoms with van der Waals surface area (Å²) in [7, 11) is 1.50. The molecule has 1 heterocycles. The number of para-hydroxylation sites is 2. The molecule has 0 aliphatic heterocycles. The maximum atomic E-state index is 12.3. The van der Waals surface area contributed by atoms with Crippen molar-refractivity contribution in [3.63, 3.8) is 0 Å². The monoisotopic (exact) mass is 438 g/mol. The first-order valence-corrected chi connectivity index (χ1v) is 9.77. The van der Waals surface area contributed by atoms with Crippen molar-refractivity contribution in [3.05, 3.63) is 82.3 Å². The molecule has 0 aliphatic carbocycles. The van der Waals surface area contributed by atoms with Gasteiger partial charge < -0.3 is 14.5 Å². The van der Waals surface area contributed by atoms with E-state index < -0.39 is 0 Å². The summed E-state index contributed by atoms with van der Waals surface area (Å²) >= 11 is 12.1. The van der Waals surface area contributed by atoms with Gasteiger partial charge in [0.25, 0.3) is 0 Å². The Hall–Kier alpha value is -3.28. The number of amides is 1. The van der Waals surface area contributed by atoms with Crippen LogP contribution in [0.1, 0.15) is 5.56 Å². The van der Waals surface area contributed by atoms with E-state index in [9.17, 15) is 4.79 Å². The van der Waals surface area contributed by atoms with Gasteiger partial charge >= 0.3 is 0 Å². The topological polar surface area (TPSA) is 64.4 Å². The first kappa shape index (κ1) is 20.0. The molecular formula is C23H16Cl2N2O3. The minimum atomic E-state index is -0.303. The van der Waals surface area contributed by atoms with Crippen molar-refractivity contribution in [1.82, 2.24) is 4.98 Å². The maximum Gasteiger partial charge on any atom is 0.248 e. The molecule has 1 aromatic heterocycles. The minimum Gasteiger partial charge on any atom is -0.495 e. The lowest BCUT2D eigenvalue weighted by Gasteiger charge is -2.08. The highest BCUT2D eigenvalue weighted by Gasteiger charge is 2.09. The highest BCUT2D eigenvalue weighted by molar-refractivity contribution is 6.36. The number of benzene rings is 3. The summed E-state index contributed by atoms with van der Waals surface area (Å²) in [5.74, 6) is 0.675. The molecule has 0 unspecified atom stereocenters. The molecule has 30 heavy (non-hydrogen) atoms. The Morgan fingerprint density at radius 3 is 2.60 bits per heavy atom. The van der Waals surface area contributed by atoms with E-state index in [1.807, 2.05) is 36.4 Å². The molecule has 0 saturated carbocycles. The molecule has 5 nitrogen and oxygen atoms in total. The maximum absolute atomic E-state index is 12.3. The predicted octanol–water partition coefficient (Wildman–Crippen LogP) is 6.46. The number of aromatic nitrogens is 1. The number of halogens is 2.